The number of para-hydroxylation sites is 1. The number of carboxylic acid groups (broad SMARTS) is 1. The van der Waals surface area contributed by atoms with E-state index in [-0.39, 0.29) is 25.4 Å². The number of hydrogen-bond acceptors (Lipinski definition) is 5. The van der Waals surface area contributed by atoms with Crippen LogP contribution in [0.5, 0.6) is 17.2 Å². The van der Waals surface area contributed by atoms with Gasteiger partial charge in [-0.25, -0.2) is 0 Å². The fraction of sp³-hybridized carbons (Fsp3) is 0.364. The van der Waals surface area contributed by atoms with Crippen LogP contribution in [0.2, 0.25) is 0 Å². The molecular formula is C22H25NO6. The molecule has 0 radical (unpaired) electrons. The number of nitrogens with zero attached hydrogens (tertiary/aromatic N) is 1. The van der Waals surface area contributed by atoms with Gasteiger partial charge in [-0.2, -0.15) is 0 Å². The number of carboxylic acids is 1. The molecule has 0 saturated carbocycles. The quantitative estimate of drug-likeness (QED) is 0.653. The van der Waals surface area contributed by atoms with Gasteiger partial charge in [-0.15, -0.1) is 0 Å². The van der Waals surface area contributed by atoms with E-state index in [2.05, 4.69) is 0 Å². The first-order chi connectivity index (χ1) is 14.0. The molecule has 1 atom stereocenters. The number of aryl methyl sites for hydroxylation is 1. The van der Waals surface area contributed by atoms with Crippen molar-refractivity contribution in [1.82, 2.24) is 4.90 Å². The van der Waals surface area contributed by atoms with Crippen molar-refractivity contribution in [2.45, 2.75) is 19.9 Å². The lowest BCUT2D eigenvalue weighted by atomic mass is 10.1. The summed E-state index contributed by atoms with van der Waals surface area (Å²) in [6.07, 6.45) is 0.0276. The molecule has 1 N–H and O–H groups in total. The van der Waals surface area contributed by atoms with Crippen LogP contribution in [0, 0.1) is 12.8 Å². The Balaban J connectivity index is 1.65. The van der Waals surface area contributed by atoms with Gasteiger partial charge in [-0.05, 0) is 30.7 Å². The standard InChI is InChI=1S/C22H25NO6/c1-15-5-3-7-18(11-15)28-9-10-29-21-16(6-4-8-19(21)27-2)13-23-14-17(22(25)26)12-20(23)24/h3-8,11,17H,9-10,12-14H2,1-2H3,(H,25,26). The number of ether oxygens (including phenoxy) is 3. The first-order valence-electron chi connectivity index (χ1n) is 9.46. The van der Waals surface area contributed by atoms with Crippen molar-refractivity contribution in [1.29, 1.82) is 0 Å². The second-order valence-corrected chi connectivity index (χ2v) is 6.98. The van der Waals surface area contributed by atoms with Gasteiger partial charge in [0.2, 0.25) is 5.91 Å². The molecule has 1 amide bonds. The summed E-state index contributed by atoms with van der Waals surface area (Å²) in [6, 6.07) is 13.2. The highest BCUT2D eigenvalue weighted by Gasteiger charge is 2.34. The van der Waals surface area contributed by atoms with Crippen molar-refractivity contribution in [3.8, 4) is 17.2 Å². The zero-order chi connectivity index (χ0) is 20.8. The van der Waals surface area contributed by atoms with Crippen molar-refractivity contribution in [3.63, 3.8) is 0 Å². The smallest absolute Gasteiger partial charge is 0.308 e. The molecule has 29 heavy (non-hydrogen) atoms. The fourth-order valence-corrected chi connectivity index (χ4v) is 3.31. The summed E-state index contributed by atoms with van der Waals surface area (Å²) in [5.41, 5.74) is 1.88. The molecule has 7 nitrogen and oxygen atoms in total. The van der Waals surface area contributed by atoms with E-state index in [1.54, 1.807) is 18.1 Å². The predicted molar refractivity (Wildman–Crippen MR) is 106 cm³/mol. The van der Waals surface area contributed by atoms with Gasteiger partial charge in [0.1, 0.15) is 19.0 Å². The molecule has 0 aliphatic carbocycles. The summed E-state index contributed by atoms with van der Waals surface area (Å²) in [4.78, 5) is 24.9. The Morgan fingerprint density at radius 3 is 2.62 bits per heavy atom. The molecule has 2 aromatic carbocycles. The lowest BCUT2D eigenvalue weighted by Gasteiger charge is -2.20. The van der Waals surface area contributed by atoms with Gasteiger partial charge in [-0.1, -0.05) is 24.3 Å². The summed E-state index contributed by atoms with van der Waals surface area (Å²) in [7, 11) is 1.55. The molecule has 7 heteroatoms. The van der Waals surface area contributed by atoms with Crippen LogP contribution in [0.15, 0.2) is 42.5 Å². The summed E-state index contributed by atoms with van der Waals surface area (Å²) in [5, 5.41) is 9.17. The van der Waals surface area contributed by atoms with Gasteiger partial charge >= 0.3 is 5.97 Å². The van der Waals surface area contributed by atoms with Gasteiger partial charge in [0.05, 0.1) is 13.0 Å². The molecule has 1 fully saturated rings. The monoisotopic (exact) mass is 399 g/mol. The maximum Gasteiger partial charge on any atom is 0.308 e. The second-order valence-electron chi connectivity index (χ2n) is 6.98. The van der Waals surface area contributed by atoms with Crippen LogP contribution in [0.25, 0.3) is 0 Å². The average Bonchev–Trinajstić information content (AvgIpc) is 3.07. The third-order valence-corrected chi connectivity index (χ3v) is 4.79. The molecule has 0 aromatic heterocycles. The Morgan fingerprint density at radius 2 is 1.93 bits per heavy atom. The van der Waals surface area contributed by atoms with Crippen LogP contribution in [0.4, 0.5) is 0 Å². The van der Waals surface area contributed by atoms with Crippen molar-refractivity contribution < 1.29 is 28.9 Å². The number of carbonyl (C=O) groups is 2. The van der Waals surface area contributed by atoms with Gasteiger partial charge in [0.25, 0.3) is 0 Å². The number of hydrogen-bond donors (Lipinski definition) is 1. The van der Waals surface area contributed by atoms with Crippen molar-refractivity contribution in [3.05, 3.63) is 53.6 Å². The number of carbonyl (C=O) groups excluding carboxylic acids is 1. The van der Waals surface area contributed by atoms with E-state index in [0.717, 1.165) is 16.9 Å². The molecule has 0 spiro atoms. The van der Waals surface area contributed by atoms with Crippen molar-refractivity contribution in [2.75, 3.05) is 26.9 Å². The maximum atomic E-state index is 12.2. The largest absolute Gasteiger partial charge is 0.493 e. The van der Waals surface area contributed by atoms with E-state index in [4.69, 9.17) is 19.3 Å². The minimum atomic E-state index is -0.948. The third kappa shape index (κ3) is 5.19. The second kappa shape index (κ2) is 9.32. The zero-order valence-corrected chi connectivity index (χ0v) is 16.6. The van der Waals surface area contributed by atoms with E-state index in [1.165, 1.54) is 0 Å². The molecule has 1 unspecified atom stereocenters. The molecule has 3 rings (SSSR count). The van der Waals surface area contributed by atoms with Gasteiger partial charge in [-0.3, -0.25) is 9.59 Å². The number of benzene rings is 2. The third-order valence-electron chi connectivity index (χ3n) is 4.79. The summed E-state index contributed by atoms with van der Waals surface area (Å²) in [5.74, 6) is 0.0792. The molecule has 0 bridgehead atoms. The van der Waals surface area contributed by atoms with E-state index >= 15 is 0 Å². The van der Waals surface area contributed by atoms with E-state index in [9.17, 15) is 9.59 Å². The Kier molecular flexibility index (Phi) is 6.59. The van der Waals surface area contributed by atoms with Crippen LogP contribution in [0.1, 0.15) is 17.5 Å². The van der Waals surface area contributed by atoms with E-state index in [1.807, 2.05) is 43.3 Å². The number of aliphatic carboxylic acids is 1. The van der Waals surface area contributed by atoms with Crippen LogP contribution in [-0.2, 0) is 16.1 Å². The number of amides is 1. The SMILES string of the molecule is COc1cccc(CN2CC(C(=O)O)CC2=O)c1OCCOc1cccc(C)c1. The van der Waals surface area contributed by atoms with Crippen molar-refractivity contribution in [2.24, 2.45) is 5.92 Å². The number of rotatable bonds is 9. The lowest BCUT2D eigenvalue weighted by molar-refractivity contribution is -0.141. The summed E-state index contributed by atoms with van der Waals surface area (Å²) >= 11 is 0. The van der Waals surface area contributed by atoms with Crippen molar-refractivity contribution >= 4 is 11.9 Å². The Hall–Kier alpha value is -3.22. The van der Waals surface area contributed by atoms with Crippen LogP contribution >= 0.6 is 0 Å². The molecule has 1 heterocycles. The predicted octanol–water partition coefficient (Wildman–Crippen LogP) is 2.89. The highest BCUT2D eigenvalue weighted by molar-refractivity contribution is 5.86. The van der Waals surface area contributed by atoms with Crippen LogP contribution in [-0.4, -0.2) is 48.8 Å². The molecular weight excluding hydrogens is 374 g/mol. The van der Waals surface area contributed by atoms with Gasteiger partial charge in [0, 0.05) is 25.1 Å². The molecule has 1 saturated heterocycles. The van der Waals surface area contributed by atoms with Crippen LogP contribution in [0.3, 0.4) is 0 Å². The molecule has 2 aromatic rings. The minimum Gasteiger partial charge on any atom is -0.493 e. The minimum absolute atomic E-state index is 0.0276. The lowest BCUT2D eigenvalue weighted by Crippen LogP contribution is -2.26. The average molecular weight is 399 g/mol. The fourth-order valence-electron chi connectivity index (χ4n) is 3.31. The van der Waals surface area contributed by atoms with Gasteiger partial charge in [0.15, 0.2) is 11.5 Å². The molecule has 154 valence electrons. The normalized spacial score (nSPS) is 16.0. The highest BCUT2D eigenvalue weighted by Crippen LogP contribution is 2.33. The highest BCUT2D eigenvalue weighted by atomic mass is 16.5. The van der Waals surface area contributed by atoms with Crippen LogP contribution < -0.4 is 14.2 Å². The summed E-state index contributed by atoms with van der Waals surface area (Å²) in [6.45, 7) is 3.12. The first kappa shape index (κ1) is 20.5. The molecule has 1 aliphatic rings. The maximum absolute atomic E-state index is 12.2. The van der Waals surface area contributed by atoms with E-state index in [0.29, 0.717) is 24.7 Å². The number of methoxy groups -OCH3 is 1. The first-order valence-corrected chi connectivity index (χ1v) is 9.46. The molecule has 1 aliphatic heterocycles. The Labute approximate surface area is 169 Å². The topological polar surface area (TPSA) is 85.3 Å². The van der Waals surface area contributed by atoms with E-state index < -0.39 is 11.9 Å². The summed E-state index contributed by atoms with van der Waals surface area (Å²) < 4.78 is 17.0. The Bertz CT molecular complexity index is 881. The zero-order valence-electron chi connectivity index (χ0n) is 16.6. The Morgan fingerprint density at radius 1 is 1.17 bits per heavy atom. The van der Waals surface area contributed by atoms with Gasteiger partial charge < -0.3 is 24.2 Å². The number of likely N-dealkylation sites (tertiary alicyclic amines) is 1.